The summed E-state index contributed by atoms with van der Waals surface area (Å²) in [6, 6.07) is 2.96. The molecule has 0 saturated carbocycles. The molecule has 0 radical (unpaired) electrons. The van der Waals surface area contributed by atoms with Gasteiger partial charge in [0.1, 0.15) is 5.01 Å². The Balaban J connectivity index is 2.49. The molecule has 0 aliphatic carbocycles. The van der Waals surface area contributed by atoms with Crippen molar-refractivity contribution in [3.63, 3.8) is 0 Å². The Bertz CT molecular complexity index is 574. The van der Waals surface area contributed by atoms with E-state index in [0.717, 1.165) is 11.3 Å². The van der Waals surface area contributed by atoms with E-state index in [1.165, 1.54) is 17.5 Å². The normalized spacial score (nSPS) is 10.5. The van der Waals surface area contributed by atoms with Gasteiger partial charge in [-0.3, -0.25) is 0 Å². The molecule has 17 heavy (non-hydrogen) atoms. The number of hydrogen-bond acceptors (Lipinski definition) is 4. The van der Waals surface area contributed by atoms with E-state index in [1.54, 1.807) is 0 Å². The van der Waals surface area contributed by atoms with E-state index in [2.05, 4.69) is 4.98 Å². The van der Waals surface area contributed by atoms with Crippen molar-refractivity contribution in [2.24, 2.45) is 0 Å². The quantitative estimate of drug-likeness (QED) is 0.887. The largest absolute Gasteiger partial charge is 0.505 e. The standard InChI is InChI=1S/C10H5Cl2NO3S/c11-5-1-4(2-6(12)8(5)14)9-13-7(3-17-9)10(15)16/h1-3,14H,(H,15,16). The molecule has 7 heteroatoms. The van der Waals surface area contributed by atoms with Gasteiger partial charge in [0.15, 0.2) is 11.4 Å². The lowest BCUT2D eigenvalue weighted by Gasteiger charge is -2.02. The number of aromatic carboxylic acids is 1. The molecule has 1 aromatic carbocycles. The molecular weight excluding hydrogens is 285 g/mol. The van der Waals surface area contributed by atoms with Crippen molar-refractivity contribution < 1.29 is 15.0 Å². The molecule has 0 bridgehead atoms. The molecule has 0 fully saturated rings. The molecule has 4 nitrogen and oxygen atoms in total. The van der Waals surface area contributed by atoms with Crippen LogP contribution in [0.5, 0.6) is 5.75 Å². The third-order valence-corrected chi connectivity index (χ3v) is 3.45. The van der Waals surface area contributed by atoms with Crippen LogP contribution >= 0.6 is 34.5 Å². The van der Waals surface area contributed by atoms with E-state index in [9.17, 15) is 9.90 Å². The summed E-state index contributed by atoms with van der Waals surface area (Å²) in [4.78, 5) is 14.6. The molecule has 2 rings (SSSR count). The molecule has 2 aromatic rings. The fourth-order valence-corrected chi connectivity index (χ4v) is 2.46. The second-order valence-electron chi connectivity index (χ2n) is 3.13. The lowest BCUT2D eigenvalue weighted by molar-refractivity contribution is 0.0691. The van der Waals surface area contributed by atoms with Crippen molar-refractivity contribution in [2.75, 3.05) is 0 Å². The van der Waals surface area contributed by atoms with Gasteiger partial charge >= 0.3 is 5.97 Å². The van der Waals surface area contributed by atoms with Crippen molar-refractivity contribution in [1.29, 1.82) is 0 Å². The Morgan fingerprint density at radius 2 is 1.88 bits per heavy atom. The maximum Gasteiger partial charge on any atom is 0.355 e. The Morgan fingerprint density at radius 1 is 1.29 bits per heavy atom. The Hall–Kier alpha value is -1.30. The lowest BCUT2D eigenvalue weighted by Crippen LogP contribution is -1.95. The number of halogens is 2. The highest BCUT2D eigenvalue weighted by Gasteiger charge is 2.13. The molecule has 0 aliphatic rings. The summed E-state index contributed by atoms with van der Waals surface area (Å²) in [6.07, 6.45) is 0. The van der Waals surface area contributed by atoms with E-state index in [-0.39, 0.29) is 21.5 Å². The van der Waals surface area contributed by atoms with Crippen LogP contribution in [-0.4, -0.2) is 21.2 Å². The second kappa shape index (κ2) is 4.52. The predicted octanol–water partition coefficient (Wildman–Crippen LogP) is 3.52. The number of benzene rings is 1. The number of phenolic OH excluding ortho intramolecular Hbond substituents is 1. The molecule has 88 valence electrons. The number of aromatic nitrogens is 1. The SMILES string of the molecule is O=C(O)c1csc(-c2cc(Cl)c(O)c(Cl)c2)n1. The van der Waals surface area contributed by atoms with E-state index < -0.39 is 5.97 Å². The van der Waals surface area contributed by atoms with Crippen molar-refractivity contribution in [1.82, 2.24) is 4.98 Å². The minimum absolute atomic E-state index is 0.0367. The van der Waals surface area contributed by atoms with Gasteiger partial charge in [0, 0.05) is 10.9 Å². The minimum atomic E-state index is -1.09. The second-order valence-corrected chi connectivity index (χ2v) is 4.80. The summed E-state index contributed by atoms with van der Waals surface area (Å²) < 4.78 is 0. The van der Waals surface area contributed by atoms with Gasteiger partial charge in [-0.2, -0.15) is 0 Å². The topological polar surface area (TPSA) is 70.4 Å². The van der Waals surface area contributed by atoms with Crippen LogP contribution in [0.25, 0.3) is 10.6 Å². The number of nitrogens with zero attached hydrogens (tertiary/aromatic N) is 1. The van der Waals surface area contributed by atoms with E-state index >= 15 is 0 Å². The van der Waals surface area contributed by atoms with Gasteiger partial charge in [-0.1, -0.05) is 23.2 Å². The number of carboxylic acid groups (broad SMARTS) is 1. The van der Waals surface area contributed by atoms with Gasteiger partial charge in [-0.05, 0) is 12.1 Å². The summed E-state index contributed by atoms with van der Waals surface area (Å²) in [5, 5.41) is 20.2. The Labute approximate surface area is 110 Å². The van der Waals surface area contributed by atoms with Crippen LogP contribution in [0.4, 0.5) is 0 Å². The molecule has 0 aliphatic heterocycles. The smallest absolute Gasteiger partial charge is 0.355 e. The van der Waals surface area contributed by atoms with Crippen LogP contribution in [0.3, 0.4) is 0 Å². The maximum absolute atomic E-state index is 10.7. The zero-order chi connectivity index (χ0) is 12.6. The van der Waals surface area contributed by atoms with Crippen molar-refractivity contribution in [3.05, 3.63) is 33.3 Å². The third-order valence-electron chi connectivity index (χ3n) is 1.99. The molecule has 1 aromatic heterocycles. The molecule has 0 spiro atoms. The van der Waals surface area contributed by atoms with Gasteiger partial charge in [-0.25, -0.2) is 9.78 Å². The van der Waals surface area contributed by atoms with Crippen LogP contribution in [0, 0.1) is 0 Å². The van der Waals surface area contributed by atoms with Crippen LogP contribution in [0.1, 0.15) is 10.5 Å². The number of rotatable bonds is 2. The van der Waals surface area contributed by atoms with Crippen molar-refractivity contribution >= 4 is 40.5 Å². The molecule has 2 N–H and O–H groups in total. The molecule has 1 heterocycles. The Morgan fingerprint density at radius 3 is 2.35 bits per heavy atom. The predicted molar refractivity (Wildman–Crippen MR) is 66.2 cm³/mol. The summed E-state index contributed by atoms with van der Waals surface area (Å²) >= 11 is 12.7. The molecular formula is C10H5Cl2NO3S. The highest BCUT2D eigenvalue weighted by atomic mass is 35.5. The summed E-state index contributed by atoms with van der Waals surface area (Å²) in [5.74, 6) is -1.30. The number of thiazole rings is 1. The first-order valence-electron chi connectivity index (χ1n) is 4.36. The summed E-state index contributed by atoms with van der Waals surface area (Å²) in [6.45, 7) is 0. The summed E-state index contributed by atoms with van der Waals surface area (Å²) in [5.41, 5.74) is 0.528. The van der Waals surface area contributed by atoms with Crippen molar-refractivity contribution in [3.8, 4) is 16.3 Å². The number of aromatic hydroxyl groups is 1. The first-order chi connectivity index (χ1) is 7.99. The molecule has 0 unspecified atom stereocenters. The lowest BCUT2D eigenvalue weighted by atomic mass is 10.2. The average Bonchev–Trinajstić information content (AvgIpc) is 2.74. The van der Waals surface area contributed by atoms with Gasteiger partial charge in [0.05, 0.1) is 10.0 Å². The number of hydrogen-bond donors (Lipinski definition) is 2. The maximum atomic E-state index is 10.7. The van der Waals surface area contributed by atoms with E-state index in [1.807, 2.05) is 0 Å². The Kier molecular flexibility index (Phi) is 3.24. The number of carboxylic acids is 1. The zero-order valence-electron chi connectivity index (χ0n) is 8.15. The molecule has 0 amide bonds. The highest BCUT2D eigenvalue weighted by molar-refractivity contribution is 7.13. The molecule has 0 atom stereocenters. The first-order valence-corrected chi connectivity index (χ1v) is 6.00. The monoisotopic (exact) mass is 289 g/mol. The minimum Gasteiger partial charge on any atom is -0.505 e. The molecule has 0 saturated heterocycles. The van der Waals surface area contributed by atoms with Gasteiger partial charge < -0.3 is 10.2 Å². The zero-order valence-corrected chi connectivity index (χ0v) is 10.5. The fourth-order valence-electron chi connectivity index (χ4n) is 1.19. The van der Waals surface area contributed by atoms with Gasteiger partial charge in [0.25, 0.3) is 0 Å². The van der Waals surface area contributed by atoms with Gasteiger partial charge in [-0.15, -0.1) is 11.3 Å². The summed E-state index contributed by atoms with van der Waals surface area (Å²) in [7, 11) is 0. The van der Waals surface area contributed by atoms with Crippen LogP contribution < -0.4 is 0 Å². The van der Waals surface area contributed by atoms with Gasteiger partial charge in [0.2, 0.25) is 0 Å². The van der Waals surface area contributed by atoms with Crippen LogP contribution in [0.15, 0.2) is 17.5 Å². The fraction of sp³-hybridized carbons (Fsp3) is 0. The van der Waals surface area contributed by atoms with Crippen LogP contribution in [0.2, 0.25) is 10.0 Å². The van der Waals surface area contributed by atoms with E-state index in [0.29, 0.717) is 10.6 Å². The average molecular weight is 290 g/mol. The van der Waals surface area contributed by atoms with Crippen LogP contribution in [-0.2, 0) is 0 Å². The highest BCUT2D eigenvalue weighted by Crippen LogP contribution is 2.37. The first kappa shape index (κ1) is 12.2. The number of phenols is 1. The number of carbonyl (C=O) groups is 1. The van der Waals surface area contributed by atoms with E-state index in [4.69, 9.17) is 28.3 Å². The third kappa shape index (κ3) is 2.36. The van der Waals surface area contributed by atoms with Crippen molar-refractivity contribution in [2.45, 2.75) is 0 Å².